The summed E-state index contributed by atoms with van der Waals surface area (Å²) in [5, 5.41) is 199. The summed E-state index contributed by atoms with van der Waals surface area (Å²) in [4.78, 5) is 4.43. The number of phenolic OH excluding ortho intramolecular Hbond substituents is 18. The van der Waals surface area contributed by atoms with E-state index in [0.29, 0.717) is 4.90 Å². The van der Waals surface area contributed by atoms with Gasteiger partial charge in [-0.25, -0.2) is 0 Å². The molecular weight excluding hydrogens is 857 g/mol. The molecule has 6 aromatic rings. The molecule has 22 nitrogen and oxygen atoms in total. The zero-order valence-corrected chi connectivity index (χ0v) is 32.3. The van der Waals surface area contributed by atoms with Gasteiger partial charge in [0, 0.05) is 40.5 Å². The number of anilines is 3. The molecular formula is C40H32N3O19P. The van der Waals surface area contributed by atoms with Crippen molar-refractivity contribution in [2.24, 2.45) is 0 Å². The Morgan fingerprint density at radius 2 is 0.857 bits per heavy atom. The normalized spacial score (nSPS) is 13.2. The molecule has 1 atom stereocenters. The second kappa shape index (κ2) is 14.9. The van der Waals surface area contributed by atoms with E-state index in [9.17, 15) is 91.9 Å². The van der Waals surface area contributed by atoms with Gasteiger partial charge in [-0.3, -0.25) is 9.88 Å². The topological polar surface area (TPSA) is 409 Å². The van der Waals surface area contributed by atoms with Crippen molar-refractivity contribution in [1.82, 2.24) is 10.3 Å². The molecule has 326 valence electrons. The molecule has 0 amide bonds. The Hall–Kier alpha value is -9.04. The predicted octanol–water partition coefficient (Wildman–Crippen LogP) is 3.90. The van der Waals surface area contributed by atoms with Crippen molar-refractivity contribution in [2.45, 2.75) is 0 Å². The second-order valence-electron chi connectivity index (χ2n) is 13.5. The van der Waals surface area contributed by atoms with Crippen LogP contribution in [0.2, 0.25) is 0 Å². The SMILES string of the molecule is O=P(C1=CC=CNC1)(c1cccnc1)c1cccc(N(c2c(O)c(O)c(-c3c(O)c(O)c(O)c(O)c3O)c(O)c2O)c2c(O)c(O)c(-c3c(O)c(O)c(O)c(O)c3O)c(O)c2O)c1. The zero-order valence-electron chi connectivity index (χ0n) is 31.4. The van der Waals surface area contributed by atoms with Crippen molar-refractivity contribution in [2.75, 3.05) is 11.4 Å². The lowest BCUT2D eigenvalue weighted by molar-refractivity contribution is 0.329. The summed E-state index contributed by atoms with van der Waals surface area (Å²) in [6, 6.07) is 7.74. The number of dihydropyridines is 1. The minimum atomic E-state index is -4.02. The van der Waals surface area contributed by atoms with Gasteiger partial charge in [0.15, 0.2) is 76.1 Å². The third-order valence-electron chi connectivity index (χ3n) is 10.1. The average Bonchev–Trinajstić information content (AvgIpc) is 3.29. The summed E-state index contributed by atoms with van der Waals surface area (Å²) in [5.41, 5.74) is -8.40. The van der Waals surface area contributed by atoms with E-state index in [1.807, 2.05) is 0 Å². The average molecular weight is 890 g/mol. The molecule has 5 aromatic carbocycles. The second-order valence-corrected chi connectivity index (χ2v) is 16.4. The maximum atomic E-state index is 15.4. The third kappa shape index (κ3) is 6.04. The maximum Gasteiger partial charge on any atom is 0.208 e. The Morgan fingerprint density at radius 1 is 0.476 bits per heavy atom. The van der Waals surface area contributed by atoms with Gasteiger partial charge in [-0.1, -0.05) is 18.2 Å². The van der Waals surface area contributed by atoms with Crippen LogP contribution < -0.4 is 20.8 Å². The van der Waals surface area contributed by atoms with E-state index < -0.39 is 150 Å². The fourth-order valence-electron chi connectivity index (χ4n) is 7.00. The van der Waals surface area contributed by atoms with Crippen molar-refractivity contribution in [3.63, 3.8) is 0 Å². The number of aromatic hydroxyl groups is 18. The van der Waals surface area contributed by atoms with Crippen LogP contribution in [-0.2, 0) is 4.57 Å². The number of pyridine rings is 1. The number of aromatic nitrogens is 1. The first-order valence-corrected chi connectivity index (χ1v) is 19.3. The Balaban J connectivity index is 1.60. The number of hydrogen-bond acceptors (Lipinski definition) is 22. The van der Waals surface area contributed by atoms with E-state index in [1.165, 1.54) is 36.7 Å². The molecule has 2 heterocycles. The smallest absolute Gasteiger partial charge is 0.208 e. The van der Waals surface area contributed by atoms with E-state index in [-0.39, 0.29) is 22.5 Å². The highest BCUT2D eigenvalue weighted by molar-refractivity contribution is 7.82. The molecule has 1 aliphatic rings. The number of nitrogens with zero attached hydrogens (tertiary/aromatic N) is 2. The van der Waals surface area contributed by atoms with Gasteiger partial charge >= 0.3 is 0 Å². The maximum absolute atomic E-state index is 15.4. The van der Waals surface area contributed by atoms with Crippen LogP contribution in [0, 0.1) is 0 Å². The summed E-state index contributed by atoms with van der Waals surface area (Å²) < 4.78 is 15.4. The standard InChI is InChI=1S/C40H32N3O19P/c44-23-17(19-27(48)35(56)39(60)36(57)28(19)49)24(45)32(53)21(31(23)52)43(13-4-1-5-14(10-13)63(62,15-6-2-8-41-11-15)16-7-3-9-42-12-16)22-33(54)25(46)18(26(47)34(22)55)20-29(50)37(58)40(61)38(59)30(20)51/h1-11,42,44-61H,12H2. The molecule has 0 saturated heterocycles. The highest BCUT2D eigenvalue weighted by Crippen LogP contribution is 2.68. The molecule has 7 rings (SSSR count). The van der Waals surface area contributed by atoms with E-state index in [1.54, 1.807) is 18.4 Å². The number of rotatable bonds is 8. The van der Waals surface area contributed by atoms with Crippen LogP contribution in [0.3, 0.4) is 0 Å². The summed E-state index contributed by atoms with van der Waals surface area (Å²) in [6.07, 6.45) is 7.37. The fourth-order valence-corrected chi connectivity index (χ4v) is 9.70. The van der Waals surface area contributed by atoms with Crippen LogP contribution in [0.25, 0.3) is 22.3 Å². The Kier molecular flexibility index (Phi) is 9.96. The lowest BCUT2D eigenvalue weighted by Crippen LogP contribution is -2.24. The van der Waals surface area contributed by atoms with Gasteiger partial charge in [-0.05, 0) is 36.5 Å². The molecule has 23 heteroatoms. The van der Waals surface area contributed by atoms with Crippen LogP contribution in [0.5, 0.6) is 103 Å². The zero-order chi connectivity index (χ0) is 46.1. The minimum Gasteiger partial charge on any atom is -0.504 e. The monoisotopic (exact) mass is 889 g/mol. The summed E-state index contributed by atoms with van der Waals surface area (Å²) in [6.45, 7) is 0.0241. The van der Waals surface area contributed by atoms with Crippen molar-refractivity contribution < 1.29 is 96.5 Å². The van der Waals surface area contributed by atoms with Gasteiger partial charge < -0.3 is 102 Å². The summed E-state index contributed by atoms with van der Waals surface area (Å²) in [7, 11) is -4.02. The fraction of sp³-hybridized carbons (Fsp3) is 0.0250. The van der Waals surface area contributed by atoms with Gasteiger partial charge in [-0.15, -0.1) is 0 Å². The van der Waals surface area contributed by atoms with Crippen LogP contribution in [0.15, 0.2) is 72.5 Å². The van der Waals surface area contributed by atoms with Crippen molar-refractivity contribution in [3.05, 3.63) is 72.5 Å². The van der Waals surface area contributed by atoms with Crippen molar-refractivity contribution in [1.29, 1.82) is 0 Å². The van der Waals surface area contributed by atoms with E-state index >= 15 is 4.57 Å². The van der Waals surface area contributed by atoms with Gasteiger partial charge in [0.2, 0.25) is 34.5 Å². The third-order valence-corrected chi connectivity index (χ3v) is 13.2. The van der Waals surface area contributed by atoms with E-state index in [4.69, 9.17) is 0 Å². The van der Waals surface area contributed by atoms with Gasteiger partial charge in [0.05, 0.1) is 22.3 Å². The number of allylic oxidation sites excluding steroid dienone is 2. The predicted molar refractivity (Wildman–Crippen MR) is 218 cm³/mol. The van der Waals surface area contributed by atoms with Crippen LogP contribution in [-0.4, -0.2) is 103 Å². The van der Waals surface area contributed by atoms with Crippen LogP contribution >= 0.6 is 7.14 Å². The molecule has 1 aliphatic heterocycles. The minimum absolute atomic E-state index is 0.0241. The lowest BCUT2D eigenvalue weighted by Gasteiger charge is -2.31. The summed E-state index contributed by atoms with van der Waals surface area (Å²) >= 11 is 0. The Morgan fingerprint density at radius 3 is 1.22 bits per heavy atom. The first kappa shape index (κ1) is 42.1. The molecule has 63 heavy (non-hydrogen) atoms. The molecule has 0 saturated carbocycles. The number of phenols is 18. The molecule has 0 aliphatic carbocycles. The Labute approximate surface area is 350 Å². The quantitative estimate of drug-likeness (QED) is 0.0585. The van der Waals surface area contributed by atoms with Gasteiger partial charge in [-0.2, -0.15) is 0 Å². The first-order chi connectivity index (χ1) is 29.7. The number of hydrogen-bond donors (Lipinski definition) is 19. The van der Waals surface area contributed by atoms with Crippen LogP contribution in [0.4, 0.5) is 17.1 Å². The largest absolute Gasteiger partial charge is 0.504 e. The molecule has 0 spiro atoms. The van der Waals surface area contributed by atoms with Gasteiger partial charge in [0.1, 0.15) is 11.4 Å². The molecule has 0 fully saturated rings. The van der Waals surface area contributed by atoms with Crippen molar-refractivity contribution in [3.8, 4) is 126 Å². The van der Waals surface area contributed by atoms with Gasteiger partial charge in [0.25, 0.3) is 0 Å². The van der Waals surface area contributed by atoms with E-state index in [0.717, 1.165) is 12.1 Å². The Bertz CT molecular complexity index is 2790. The van der Waals surface area contributed by atoms with Crippen LogP contribution in [0.1, 0.15) is 0 Å². The number of benzene rings is 5. The van der Waals surface area contributed by atoms with E-state index in [2.05, 4.69) is 10.3 Å². The highest BCUT2D eigenvalue weighted by atomic mass is 31.2. The molecule has 0 radical (unpaired) electrons. The lowest BCUT2D eigenvalue weighted by atomic mass is 9.95. The molecule has 0 bridgehead atoms. The first-order valence-electron chi connectivity index (χ1n) is 17.6. The highest BCUT2D eigenvalue weighted by Gasteiger charge is 2.40. The number of nitrogens with one attached hydrogen (secondary N) is 1. The molecule has 19 N–H and O–H groups in total. The molecule has 1 unspecified atom stereocenters. The molecule has 1 aromatic heterocycles. The summed E-state index contributed by atoms with van der Waals surface area (Å²) in [5.74, 6) is -28.2. The van der Waals surface area contributed by atoms with Crippen molar-refractivity contribution >= 4 is 34.8 Å².